The molecule has 0 aliphatic heterocycles. The molecule has 0 unspecified atom stereocenters. The van der Waals surface area contributed by atoms with E-state index in [-0.39, 0.29) is 0 Å². The topological polar surface area (TPSA) is 17.1 Å². The van der Waals surface area contributed by atoms with E-state index in [1.54, 1.807) is 0 Å². The third kappa shape index (κ3) is 5.14. The van der Waals surface area contributed by atoms with E-state index in [0.29, 0.717) is 11.7 Å². The van der Waals surface area contributed by atoms with Crippen molar-refractivity contribution in [1.82, 2.24) is 0 Å². The van der Waals surface area contributed by atoms with Crippen molar-refractivity contribution in [2.75, 3.05) is 0 Å². The third-order valence-corrected chi connectivity index (χ3v) is 3.93. The molecule has 0 aromatic rings. The second-order valence-corrected chi connectivity index (χ2v) is 5.60. The quantitative estimate of drug-likeness (QED) is 0.571. The van der Waals surface area contributed by atoms with E-state index in [1.807, 2.05) is 0 Å². The lowest BCUT2D eigenvalue weighted by Crippen LogP contribution is -2.23. The summed E-state index contributed by atoms with van der Waals surface area (Å²) in [6, 6.07) is 0. The van der Waals surface area contributed by atoms with Crippen LogP contribution in [0.25, 0.3) is 0 Å². The normalized spacial score (nSPS) is 26.0. The van der Waals surface area contributed by atoms with Gasteiger partial charge in [-0.2, -0.15) is 0 Å². The summed E-state index contributed by atoms with van der Waals surface area (Å²) in [5, 5.41) is 0. The van der Waals surface area contributed by atoms with Gasteiger partial charge in [-0.25, -0.2) is 0 Å². The maximum atomic E-state index is 11.7. The van der Waals surface area contributed by atoms with Gasteiger partial charge >= 0.3 is 0 Å². The Kier molecular flexibility index (Phi) is 6.75. The minimum Gasteiger partial charge on any atom is -0.299 e. The van der Waals surface area contributed by atoms with Crippen molar-refractivity contribution in [2.24, 2.45) is 11.8 Å². The molecule has 0 heterocycles. The smallest absolute Gasteiger partial charge is 0.135 e. The largest absolute Gasteiger partial charge is 0.299 e. The van der Waals surface area contributed by atoms with Gasteiger partial charge in [0, 0.05) is 12.3 Å². The number of carbonyl (C=O) groups is 1. The predicted octanol–water partition coefficient (Wildman–Crippen LogP) is 4.74. The second-order valence-electron chi connectivity index (χ2n) is 5.60. The van der Waals surface area contributed by atoms with E-state index in [0.717, 1.165) is 31.6 Å². The fraction of sp³-hybridized carbons (Fsp3) is 0.933. The van der Waals surface area contributed by atoms with Crippen LogP contribution in [-0.4, -0.2) is 5.78 Å². The number of rotatable bonds is 7. The van der Waals surface area contributed by atoms with Crippen molar-refractivity contribution in [2.45, 2.75) is 78.1 Å². The Labute approximate surface area is 101 Å². The predicted molar refractivity (Wildman–Crippen MR) is 69.5 cm³/mol. The summed E-state index contributed by atoms with van der Waals surface area (Å²) in [5.41, 5.74) is 0. The summed E-state index contributed by atoms with van der Waals surface area (Å²) >= 11 is 0. The number of ketones is 1. The zero-order valence-electron chi connectivity index (χ0n) is 11.1. The molecule has 1 aliphatic rings. The average Bonchev–Trinajstić information content (AvgIpc) is 2.28. The Balaban J connectivity index is 2.05. The average molecular weight is 224 g/mol. The molecule has 1 heteroatoms. The van der Waals surface area contributed by atoms with Crippen LogP contribution >= 0.6 is 0 Å². The van der Waals surface area contributed by atoms with Gasteiger partial charge in [0.15, 0.2) is 0 Å². The summed E-state index contributed by atoms with van der Waals surface area (Å²) in [5.74, 6) is 1.74. The summed E-state index contributed by atoms with van der Waals surface area (Å²) in [6.45, 7) is 4.54. The molecule has 1 aliphatic carbocycles. The molecule has 1 rings (SSSR count). The van der Waals surface area contributed by atoms with Crippen LogP contribution in [0, 0.1) is 11.8 Å². The van der Waals surface area contributed by atoms with Crippen LogP contribution in [0.2, 0.25) is 0 Å². The number of Topliss-reactive ketones (excluding diaryl/α,β-unsaturated/α-hetero) is 1. The lowest BCUT2D eigenvalue weighted by atomic mass is 9.79. The first-order valence-corrected chi connectivity index (χ1v) is 7.26. The highest BCUT2D eigenvalue weighted by atomic mass is 16.1. The Morgan fingerprint density at radius 1 is 1.12 bits per heavy atom. The zero-order chi connectivity index (χ0) is 11.8. The molecule has 0 spiro atoms. The van der Waals surface area contributed by atoms with Crippen LogP contribution in [-0.2, 0) is 4.79 Å². The second kappa shape index (κ2) is 7.86. The number of unbranched alkanes of at least 4 members (excludes halogenated alkanes) is 5. The van der Waals surface area contributed by atoms with Crippen LogP contribution < -0.4 is 0 Å². The Morgan fingerprint density at radius 3 is 2.56 bits per heavy atom. The fourth-order valence-corrected chi connectivity index (χ4v) is 2.78. The van der Waals surface area contributed by atoms with Gasteiger partial charge in [-0.15, -0.1) is 0 Å². The number of hydrogen-bond donors (Lipinski definition) is 0. The maximum Gasteiger partial charge on any atom is 0.135 e. The van der Waals surface area contributed by atoms with E-state index in [1.165, 1.54) is 38.5 Å². The van der Waals surface area contributed by atoms with Gasteiger partial charge in [0.05, 0.1) is 0 Å². The number of hydrogen-bond acceptors (Lipinski definition) is 1. The summed E-state index contributed by atoms with van der Waals surface area (Å²) in [6.07, 6.45) is 12.3. The monoisotopic (exact) mass is 224 g/mol. The molecule has 0 aromatic heterocycles. The van der Waals surface area contributed by atoms with Crippen LogP contribution in [0.5, 0.6) is 0 Å². The van der Waals surface area contributed by atoms with Crippen LogP contribution in [0.15, 0.2) is 0 Å². The SMILES string of the molecule is CCCCCCCC[C@H]1C[C@H](C)CCC1=O. The minimum atomic E-state index is 0.412. The van der Waals surface area contributed by atoms with Gasteiger partial charge < -0.3 is 0 Å². The minimum absolute atomic E-state index is 0.412. The number of carbonyl (C=O) groups excluding carboxylic acids is 1. The maximum absolute atomic E-state index is 11.7. The van der Waals surface area contributed by atoms with Gasteiger partial charge in [-0.1, -0.05) is 52.4 Å². The Hall–Kier alpha value is -0.330. The first-order valence-electron chi connectivity index (χ1n) is 7.26. The van der Waals surface area contributed by atoms with Crippen molar-refractivity contribution in [1.29, 1.82) is 0 Å². The molecule has 0 amide bonds. The van der Waals surface area contributed by atoms with Gasteiger partial charge in [0.25, 0.3) is 0 Å². The molecule has 0 saturated heterocycles. The lowest BCUT2D eigenvalue weighted by Gasteiger charge is -2.25. The summed E-state index contributed by atoms with van der Waals surface area (Å²) < 4.78 is 0. The summed E-state index contributed by atoms with van der Waals surface area (Å²) in [7, 11) is 0. The van der Waals surface area contributed by atoms with Gasteiger partial charge in [-0.3, -0.25) is 4.79 Å². The molecule has 94 valence electrons. The highest BCUT2D eigenvalue weighted by Crippen LogP contribution is 2.29. The van der Waals surface area contributed by atoms with E-state index >= 15 is 0 Å². The van der Waals surface area contributed by atoms with Gasteiger partial charge in [0.1, 0.15) is 5.78 Å². The standard InChI is InChI=1S/C15H28O/c1-3-4-5-6-7-8-9-14-12-13(2)10-11-15(14)16/h13-14H,3-12H2,1-2H3/t13-,14+/m1/s1. The molecule has 0 N–H and O–H groups in total. The Bertz CT molecular complexity index is 198. The first-order chi connectivity index (χ1) is 7.74. The molecule has 1 nitrogen and oxygen atoms in total. The Morgan fingerprint density at radius 2 is 1.81 bits per heavy atom. The van der Waals surface area contributed by atoms with Crippen LogP contribution in [0.4, 0.5) is 0 Å². The van der Waals surface area contributed by atoms with Crippen LogP contribution in [0.1, 0.15) is 78.1 Å². The van der Waals surface area contributed by atoms with E-state index in [2.05, 4.69) is 13.8 Å². The lowest BCUT2D eigenvalue weighted by molar-refractivity contribution is -0.125. The molecular formula is C15H28O. The summed E-state index contributed by atoms with van der Waals surface area (Å²) in [4.78, 5) is 11.7. The third-order valence-electron chi connectivity index (χ3n) is 3.93. The molecule has 16 heavy (non-hydrogen) atoms. The van der Waals surface area contributed by atoms with E-state index in [9.17, 15) is 4.79 Å². The molecule has 0 bridgehead atoms. The molecule has 1 fully saturated rings. The van der Waals surface area contributed by atoms with Crippen molar-refractivity contribution in [3.8, 4) is 0 Å². The van der Waals surface area contributed by atoms with Crippen LogP contribution in [0.3, 0.4) is 0 Å². The van der Waals surface area contributed by atoms with Crippen molar-refractivity contribution < 1.29 is 4.79 Å². The van der Waals surface area contributed by atoms with Gasteiger partial charge in [-0.05, 0) is 25.2 Å². The zero-order valence-corrected chi connectivity index (χ0v) is 11.1. The van der Waals surface area contributed by atoms with Gasteiger partial charge in [0.2, 0.25) is 0 Å². The van der Waals surface area contributed by atoms with E-state index < -0.39 is 0 Å². The highest BCUT2D eigenvalue weighted by molar-refractivity contribution is 5.81. The molecule has 0 radical (unpaired) electrons. The van der Waals surface area contributed by atoms with Crippen molar-refractivity contribution in [3.05, 3.63) is 0 Å². The highest BCUT2D eigenvalue weighted by Gasteiger charge is 2.25. The fourth-order valence-electron chi connectivity index (χ4n) is 2.78. The molecular weight excluding hydrogens is 196 g/mol. The molecule has 2 atom stereocenters. The molecule has 0 aromatic carbocycles. The molecule has 1 saturated carbocycles. The van der Waals surface area contributed by atoms with E-state index in [4.69, 9.17) is 0 Å². The first kappa shape index (κ1) is 13.7. The van der Waals surface area contributed by atoms with Crippen molar-refractivity contribution >= 4 is 5.78 Å². The van der Waals surface area contributed by atoms with Crippen molar-refractivity contribution in [3.63, 3.8) is 0 Å².